The fraction of sp³-hybridized carbons (Fsp3) is 0. The number of carbonyl (C=O) groups excluding carboxylic acids is 2. The summed E-state index contributed by atoms with van der Waals surface area (Å²) in [5.41, 5.74) is 1.62. The average Bonchev–Trinajstić information content (AvgIpc) is 2.69. The largest absolute Gasteiger partial charge is 0.508 e. The third-order valence-electron chi connectivity index (χ3n) is 3.65. The van der Waals surface area contributed by atoms with Gasteiger partial charge < -0.3 is 15.7 Å². The molecule has 0 aliphatic carbocycles. The average molecular weight is 359 g/mol. The summed E-state index contributed by atoms with van der Waals surface area (Å²) in [6, 6.07) is 18.2. The molecule has 0 saturated carbocycles. The van der Waals surface area contributed by atoms with Gasteiger partial charge in [0.25, 0.3) is 11.8 Å². The molecule has 1 aromatic heterocycles. The summed E-state index contributed by atoms with van der Waals surface area (Å²) in [5.74, 6) is -0.885. The zero-order valence-corrected chi connectivity index (χ0v) is 14.3. The maximum atomic E-state index is 12.7. The molecule has 2 amide bonds. The van der Waals surface area contributed by atoms with Crippen LogP contribution in [-0.2, 0) is 4.79 Å². The zero-order chi connectivity index (χ0) is 19.1. The van der Waals surface area contributed by atoms with Gasteiger partial charge in [0.15, 0.2) is 0 Å². The van der Waals surface area contributed by atoms with Crippen molar-refractivity contribution in [1.82, 2.24) is 10.3 Å². The van der Waals surface area contributed by atoms with Gasteiger partial charge in [0.05, 0.1) is 0 Å². The fourth-order valence-corrected chi connectivity index (χ4v) is 2.35. The van der Waals surface area contributed by atoms with Crippen LogP contribution in [0.15, 0.2) is 84.8 Å². The molecule has 0 aliphatic heterocycles. The van der Waals surface area contributed by atoms with E-state index in [2.05, 4.69) is 15.6 Å². The molecule has 0 fully saturated rings. The van der Waals surface area contributed by atoms with Crippen molar-refractivity contribution in [3.8, 4) is 5.75 Å². The quantitative estimate of drug-likeness (QED) is 0.610. The van der Waals surface area contributed by atoms with Crippen LogP contribution in [0, 0.1) is 0 Å². The van der Waals surface area contributed by atoms with Crippen molar-refractivity contribution in [3.63, 3.8) is 0 Å². The predicted octanol–water partition coefficient (Wildman–Crippen LogP) is 3.20. The molecule has 0 spiro atoms. The Labute approximate surface area is 156 Å². The molecule has 3 N–H and O–H groups in total. The van der Waals surface area contributed by atoms with Crippen molar-refractivity contribution in [1.29, 1.82) is 0 Å². The summed E-state index contributed by atoms with van der Waals surface area (Å²) in [6.45, 7) is 0. The minimum absolute atomic E-state index is 0.0285. The van der Waals surface area contributed by atoms with E-state index >= 15 is 0 Å². The maximum absolute atomic E-state index is 12.7. The molecule has 134 valence electrons. The molecule has 0 aliphatic rings. The lowest BCUT2D eigenvalue weighted by atomic mass is 10.2. The molecule has 6 nitrogen and oxygen atoms in total. The van der Waals surface area contributed by atoms with Gasteiger partial charge in [-0.15, -0.1) is 0 Å². The smallest absolute Gasteiger partial charge is 0.272 e. The number of nitrogens with one attached hydrogen (secondary N) is 2. The first-order chi connectivity index (χ1) is 13.1. The van der Waals surface area contributed by atoms with E-state index in [1.54, 1.807) is 73.1 Å². The third-order valence-corrected chi connectivity index (χ3v) is 3.65. The predicted molar refractivity (Wildman–Crippen MR) is 103 cm³/mol. The standard InChI is InChI=1S/C21H17N3O3/c25-18-8-4-7-17(14-18)23-21(27)19(13-15-9-11-22-12-10-15)24-20(26)16-5-2-1-3-6-16/h1-14,25H,(H,23,27)(H,24,26)/b19-13+. The Morgan fingerprint density at radius 1 is 0.926 bits per heavy atom. The summed E-state index contributed by atoms with van der Waals surface area (Å²) in [5, 5.41) is 14.9. The zero-order valence-electron chi connectivity index (χ0n) is 14.3. The second kappa shape index (κ2) is 8.44. The van der Waals surface area contributed by atoms with Gasteiger partial charge in [-0.2, -0.15) is 0 Å². The number of phenolic OH excluding ortho intramolecular Hbond substituents is 1. The van der Waals surface area contributed by atoms with E-state index in [-0.39, 0.29) is 11.4 Å². The molecular formula is C21H17N3O3. The summed E-state index contributed by atoms with van der Waals surface area (Å²) < 4.78 is 0. The highest BCUT2D eigenvalue weighted by atomic mass is 16.3. The second-order valence-corrected chi connectivity index (χ2v) is 5.66. The highest BCUT2D eigenvalue weighted by Gasteiger charge is 2.15. The van der Waals surface area contributed by atoms with Gasteiger partial charge in [-0.05, 0) is 48.0 Å². The number of carbonyl (C=O) groups is 2. The molecule has 6 heteroatoms. The molecular weight excluding hydrogens is 342 g/mol. The number of nitrogens with zero attached hydrogens (tertiary/aromatic N) is 1. The molecule has 0 unspecified atom stereocenters. The lowest BCUT2D eigenvalue weighted by Gasteiger charge is -2.11. The van der Waals surface area contributed by atoms with Crippen LogP contribution in [0.25, 0.3) is 6.08 Å². The minimum Gasteiger partial charge on any atom is -0.508 e. The molecule has 1 heterocycles. The Morgan fingerprint density at radius 3 is 2.37 bits per heavy atom. The van der Waals surface area contributed by atoms with Crippen molar-refractivity contribution in [2.75, 3.05) is 5.32 Å². The fourth-order valence-electron chi connectivity index (χ4n) is 2.35. The number of hydrogen-bond acceptors (Lipinski definition) is 4. The molecule has 0 atom stereocenters. The van der Waals surface area contributed by atoms with Gasteiger partial charge in [0.2, 0.25) is 0 Å². The van der Waals surface area contributed by atoms with E-state index in [1.165, 1.54) is 12.1 Å². The van der Waals surface area contributed by atoms with Crippen molar-refractivity contribution < 1.29 is 14.7 Å². The topological polar surface area (TPSA) is 91.3 Å². The van der Waals surface area contributed by atoms with Crippen LogP contribution < -0.4 is 10.6 Å². The molecule has 27 heavy (non-hydrogen) atoms. The Bertz CT molecular complexity index is 970. The SMILES string of the molecule is O=C(Nc1cccc(O)c1)/C(=C\c1ccncc1)NC(=O)c1ccccc1. The van der Waals surface area contributed by atoms with Gasteiger partial charge in [0.1, 0.15) is 11.4 Å². The van der Waals surface area contributed by atoms with Gasteiger partial charge in [0, 0.05) is 29.7 Å². The number of aromatic nitrogens is 1. The van der Waals surface area contributed by atoms with Crippen molar-refractivity contribution in [3.05, 3.63) is 95.9 Å². The normalized spacial score (nSPS) is 10.9. The van der Waals surface area contributed by atoms with Crippen LogP contribution >= 0.6 is 0 Å². The molecule has 3 rings (SSSR count). The Hall–Kier alpha value is -3.93. The Balaban J connectivity index is 1.86. The summed E-state index contributed by atoms with van der Waals surface area (Å²) in [7, 11) is 0. The van der Waals surface area contributed by atoms with E-state index < -0.39 is 11.8 Å². The minimum atomic E-state index is -0.512. The van der Waals surface area contributed by atoms with Crippen LogP contribution in [0.2, 0.25) is 0 Å². The van der Waals surface area contributed by atoms with Crippen molar-refractivity contribution in [2.24, 2.45) is 0 Å². The lowest BCUT2D eigenvalue weighted by Crippen LogP contribution is -2.30. The van der Waals surface area contributed by atoms with Crippen LogP contribution in [0.4, 0.5) is 5.69 Å². The number of pyridine rings is 1. The van der Waals surface area contributed by atoms with Crippen molar-refractivity contribution in [2.45, 2.75) is 0 Å². The first-order valence-electron chi connectivity index (χ1n) is 8.20. The van der Waals surface area contributed by atoms with E-state index in [1.807, 2.05) is 0 Å². The van der Waals surface area contributed by atoms with Gasteiger partial charge >= 0.3 is 0 Å². The highest BCUT2D eigenvalue weighted by Crippen LogP contribution is 2.16. The highest BCUT2D eigenvalue weighted by molar-refractivity contribution is 6.10. The molecule has 3 aromatic rings. The van der Waals surface area contributed by atoms with Crippen LogP contribution in [-0.4, -0.2) is 21.9 Å². The van der Waals surface area contributed by atoms with E-state index in [4.69, 9.17) is 0 Å². The molecule has 0 saturated heterocycles. The Morgan fingerprint density at radius 2 is 1.67 bits per heavy atom. The number of rotatable bonds is 5. The monoisotopic (exact) mass is 359 g/mol. The first-order valence-corrected chi connectivity index (χ1v) is 8.20. The number of aromatic hydroxyl groups is 1. The van der Waals surface area contributed by atoms with E-state index in [9.17, 15) is 14.7 Å². The van der Waals surface area contributed by atoms with Gasteiger partial charge in [-0.1, -0.05) is 24.3 Å². The van der Waals surface area contributed by atoms with Crippen LogP contribution in [0.3, 0.4) is 0 Å². The number of anilines is 1. The van der Waals surface area contributed by atoms with Gasteiger partial charge in [-0.25, -0.2) is 0 Å². The number of amides is 2. The van der Waals surface area contributed by atoms with Crippen LogP contribution in [0.5, 0.6) is 5.75 Å². The third kappa shape index (κ3) is 5.02. The van der Waals surface area contributed by atoms with E-state index in [0.29, 0.717) is 16.8 Å². The Kier molecular flexibility index (Phi) is 5.59. The number of benzene rings is 2. The van der Waals surface area contributed by atoms with E-state index in [0.717, 1.165) is 0 Å². The summed E-state index contributed by atoms with van der Waals surface area (Å²) in [4.78, 5) is 29.1. The summed E-state index contributed by atoms with van der Waals surface area (Å²) >= 11 is 0. The molecule has 2 aromatic carbocycles. The van der Waals surface area contributed by atoms with Crippen LogP contribution in [0.1, 0.15) is 15.9 Å². The first kappa shape index (κ1) is 17.9. The maximum Gasteiger partial charge on any atom is 0.272 e. The van der Waals surface area contributed by atoms with Crippen molar-refractivity contribution >= 4 is 23.6 Å². The number of phenols is 1. The number of hydrogen-bond donors (Lipinski definition) is 3. The second-order valence-electron chi connectivity index (χ2n) is 5.66. The summed E-state index contributed by atoms with van der Waals surface area (Å²) in [6.07, 6.45) is 4.74. The molecule has 0 radical (unpaired) electrons. The molecule has 0 bridgehead atoms. The lowest BCUT2D eigenvalue weighted by molar-refractivity contribution is -0.113. The van der Waals surface area contributed by atoms with Gasteiger partial charge in [-0.3, -0.25) is 14.6 Å².